The summed E-state index contributed by atoms with van der Waals surface area (Å²) in [6, 6.07) is 5.99. The minimum atomic E-state index is -0.360. The zero-order valence-electron chi connectivity index (χ0n) is 12.3. The monoisotopic (exact) mass is 287 g/mol. The molecule has 0 saturated carbocycles. The maximum atomic E-state index is 10.1. The number of nitrogens with zero attached hydrogens (tertiary/aromatic N) is 3. The van der Waals surface area contributed by atoms with E-state index in [1.165, 1.54) is 5.56 Å². The molecule has 5 heteroatoms. The van der Waals surface area contributed by atoms with Gasteiger partial charge in [0.25, 0.3) is 0 Å². The molecule has 1 aromatic heterocycles. The lowest BCUT2D eigenvalue weighted by atomic mass is 9.89. The molecule has 0 bridgehead atoms. The average Bonchev–Trinajstić information content (AvgIpc) is 2.93. The van der Waals surface area contributed by atoms with Crippen molar-refractivity contribution in [2.45, 2.75) is 51.9 Å². The smallest absolute Gasteiger partial charge is 0.164 e. The van der Waals surface area contributed by atoms with Crippen molar-refractivity contribution < 1.29 is 9.84 Å². The van der Waals surface area contributed by atoms with Crippen molar-refractivity contribution in [1.29, 1.82) is 0 Å². The van der Waals surface area contributed by atoms with E-state index < -0.39 is 0 Å². The minimum Gasteiger partial charge on any atom is -0.486 e. The van der Waals surface area contributed by atoms with E-state index in [9.17, 15) is 5.11 Å². The molecule has 1 aliphatic rings. The zero-order chi connectivity index (χ0) is 14.7. The summed E-state index contributed by atoms with van der Waals surface area (Å²) >= 11 is 0. The molecule has 0 radical (unpaired) electrons. The van der Waals surface area contributed by atoms with Crippen molar-refractivity contribution in [2.75, 3.05) is 0 Å². The van der Waals surface area contributed by atoms with Gasteiger partial charge in [0.05, 0.1) is 6.10 Å². The third-order valence-electron chi connectivity index (χ3n) is 3.90. The largest absolute Gasteiger partial charge is 0.486 e. The molecule has 0 amide bonds. The summed E-state index contributed by atoms with van der Waals surface area (Å²) in [5, 5.41) is 14.3. The average molecular weight is 287 g/mol. The Kier molecular flexibility index (Phi) is 4.20. The van der Waals surface area contributed by atoms with Crippen LogP contribution in [0.15, 0.2) is 24.5 Å². The predicted molar refractivity (Wildman–Crippen MR) is 79.0 cm³/mol. The van der Waals surface area contributed by atoms with E-state index >= 15 is 0 Å². The first-order chi connectivity index (χ1) is 10.3. The van der Waals surface area contributed by atoms with Crippen molar-refractivity contribution in [1.82, 2.24) is 14.8 Å². The van der Waals surface area contributed by atoms with Crippen LogP contribution in [0, 0.1) is 0 Å². The molecule has 0 unspecified atom stereocenters. The van der Waals surface area contributed by atoms with E-state index in [1.54, 1.807) is 6.33 Å². The molecule has 0 spiro atoms. The molecule has 1 N–H and O–H groups in total. The van der Waals surface area contributed by atoms with Crippen molar-refractivity contribution >= 4 is 0 Å². The summed E-state index contributed by atoms with van der Waals surface area (Å²) in [4.78, 5) is 4.23. The molecular formula is C16H21N3O2. The Balaban J connectivity index is 1.71. The van der Waals surface area contributed by atoms with Gasteiger partial charge in [0.1, 0.15) is 18.7 Å². The highest BCUT2D eigenvalue weighted by Crippen LogP contribution is 2.32. The van der Waals surface area contributed by atoms with Crippen LogP contribution in [0.5, 0.6) is 5.75 Å². The first-order valence-corrected chi connectivity index (χ1v) is 7.58. The number of hydrogen-bond acceptors (Lipinski definition) is 4. The van der Waals surface area contributed by atoms with Crippen LogP contribution in [-0.2, 0) is 19.6 Å². The van der Waals surface area contributed by atoms with Crippen LogP contribution in [0.25, 0.3) is 0 Å². The van der Waals surface area contributed by atoms with E-state index in [4.69, 9.17) is 4.74 Å². The summed E-state index contributed by atoms with van der Waals surface area (Å²) < 4.78 is 7.69. The van der Waals surface area contributed by atoms with E-state index in [1.807, 2.05) is 16.8 Å². The Morgan fingerprint density at radius 2 is 2.33 bits per heavy atom. The summed E-state index contributed by atoms with van der Waals surface area (Å²) in [6.07, 6.45) is 5.14. The van der Waals surface area contributed by atoms with Crippen molar-refractivity contribution in [3.8, 4) is 5.75 Å². The van der Waals surface area contributed by atoms with Crippen LogP contribution in [0.4, 0.5) is 0 Å². The number of aromatic nitrogens is 3. The molecule has 112 valence electrons. The quantitative estimate of drug-likeness (QED) is 0.918. The van der Waals surface area contributed by atoms with Crippen LogP contribution < -0.4 is 4.74 Å². The van der Waals surface area contributed by atoms with E-state index in [-0.39, 0.29) is 6.10 Å². The molecule has 1 aliphatic carbocycles. The number of benzene rings is 1. The summed E-state index contributed by atoms with van der Waals surface area (Å²) in [5.74, 6) is 1.61. The third-order valence-corrected chi connectivity index (χ3v) is 3.90. The number of ether oxygens (including phenoxy) is 1. The molecule has 1 heterocycles. The first-order valence-electron chi connectivity index (χ1n) is 7.58. The van der Waals surface area contributed by atoms with Crippen LogP contribution in [0.2, 0.25) is 0 Å². The lowest BCUT2D eigenvalue weighted by molar-refractivity contribution is 0.156. The number of hydrogen-bond donors (Lipinski definition) is 1. The molecule has 1 atom stereocenters. The van der Waals surface area contributed by atoms with E-state index in [0.717, 1.165) is 49.4 Å². The Morgan fingerprint density at radius 3 is 3.19 bits per heavy atom. The topological polar surface area (TPSA) is 60.2 Å². The van der Waals surface area contributed by atoms with Crippen molar-refractivity contribution in [2.24, 2.45) is 0 Å². The molecule has 3 rings (SSSR count). The van der Waals surface area contributed by atoms with Gasteiger partial charge in [-0.15, -0.1) is 0 Å². The van der Waals surface area contributed by atoms with Crippen LogP contribution in [0.3, 0.4) is 0 Å². The molecule has 1 aromatic carbocycles. The Morgan fingerprint density at radius 1 is 1.43 bits per heavy atom. The number of rotatable bonds is 5. The number of aryl methyl sites for hydroxylation is 2. The highest BCUT2D eigenvalue weighted by molar-refractivity contribution is 5.38. The van der Waals surface area contributed by atoms with E-state index in [2.05, 4.69) is 23.1 Å². The Hall–Kier alpha value is -1.88. The van der Waals surface area contributed by atoms with Crippen molar-refractivity contribution in [3.63, 3.8) is 0 Å². The SMILES string of the molecule is CCCn1ncnc1COc1ccc2c(c1)[C@H](O)CCC2. The van der Waals surface area contributed by atoms with Gasteiger partial charge in [-0.3, -0.25) is 0 Å². The zero-order valence-corrected chi connectivity index (χ0v) is 12.3. The van der Waals surface area contributed by atoms with Gasteiger partial charge in [-0.05, 0) is 48.9 Å². The number of fused-ring (bicyclic) bond motifs is 1. The summed E-state index contributed by atoms with van der Waals surface area (Å²) in [5.41, 5.74) is 2.24. The normalized spacial score (nSPS) is 17.5. The summed E-state index contributed by atoms with van der Waals surface area (Å²) in [6.45, 7) is 3.35. The predicted octanol–water partition coefficient (Wildman–Crippen LogP) is 2.64. The van der Waals surface area contributed by atoms with Gasteiger partial charge >= 0.3 is 0 Å². The van der Waals surface area contributed by atoms with Crippen LogP contribution in [0.1, 0.15) is 49.2 Å². The van der Waals surface area contributed by atoms with Crippen molar-refractivity contribution in [3.05, 3.63) is 41.5 Å². The molecule has 2 aromatic rings. The van der Waals surface area contributed by atoms with Crippen LogP contribution >= 0.6 is 0 Å². The van der Waals surface area contributed by atoms with Gasteiger partial charge in [0.15, 0.2) is 5.82 Å². The van der Waals surface area contributed by atoms with Crippen LogP contribution in [-0.4, -0.2) is 19.9 Å². The van der Waals surface area contributed by atoms with E-state index in [0.29, 0.717) is 6.61 Å². The highest BCUT2D eigenvalue weighted by Gasteiger charge is 2.18. The Bertz CT molecular complexity index is 609. The first kappa shape index (κ1) is 14.1. The van der Waals surface area contributed by atoms with Gasteiger partial charge < -0.3 is 9.84 Å². The minimum absolute atomic E-state index is 0.360. The third kappa shape index (κ3) is 3.08. The lowest BCUT2D eigenvalue weighted by Gasteiger charge is -2.21. The molecule has 0 saturated heterocycles. The van der Waals surface area contributed by atoms with Gasteiger partial charge in [0.2, 0.25) is 0 Å². The fourth-order valence-corrected chi connectivity index (χ4v) is 2.79. The number of aliphatic hydroxyl groups is 1. The standard InChI is InChI=1S/C16H21N3O2/c1-2-8-19-16(17-11-18-19)10-21-13-7-6-12-4-3-5-15(20)14(12)9-13/h6-7,9,11,15,20H,2-5,8,10H2,1H3/t15-/m1/s1. The lowest BCUT2D eigenvalue weighted by Crippen LogP contribution is -2.11. The van der Waals surface area contributed by atoms with Gasteiger partial charge in [-0.25, -0.2) is 9.67 Å². The second-order valence-electron chi connectivity index (χ2n) is 5.46. The van der Waals surface area contributed by atoms with Gasteiger partial charge in [-0.2, -0.15) is 5.10 Å². The fraction of sp³-hybridized carbons (Fsp3) is 0.500. The molecular weight excluding hydrogens is 266 g/mol. The molecule has 5 nitrogen and oxygen atoms in total. The van der Waals surface area contributed by atoms with Gasteiger partial charge in [0, 0.05) is 6.54 Å². The Labute approximate surface area is 124 Å². The second kappa shape index (κ2) is 6.26. The molecule has 0 aliphatic heterocycles. The highest BCUT2D eigenvalue weighted by atomic mass is 16.5. The second-order valence-corrected chi connectivity index (χ2v) is 5.46. The number of aliphatic hydroxyl groups excluding tert-OH is 1. The molecule has 0 fully saturated rings. The maximum Gasteiger partial charge on any atom is 0.164 e. The summed E-state index contributed by atoms with van der Waals surface area (Å²) in [7, 11) is 0. The molecule has 21 heavy (non-hydrogen) atoms. The van der Waals surface area contributed by atoms with Gasteiger partial charge in [-0.1, -0.05) is 13.0 Å². The maximum absolute atomic E-state index is 10.1. The fourth-order valence-electron chi connectivity index (χ4n) is 2.79.